The number of aryl methyl sites for hydroxylation is 1. The minimum Gasteiger partial charge on any atom is -0.457 e. The van der Waals surface area contributed by atoms with Crippen molar-refractivity contribution < 1.29 is 23.5 Å². The number of esters is 1. The lowest BCUT2D eigenvalue weighted by molar-refractivity contribution is 0.0475. The highest BCUT2D eigenvalue weighted by Crippen LogP contribution is 2.33. The summed E-state index contributed by atoms with van der Waals surface area (Å²) >= 11 is 0. The second-order valence-electron chi connectivity index (χ2n) is 7.82. The summed E-state index contributed by atoms with van der Waals surface area (Å²) in [5.41, 5.74) is 7.95. The Morgan fingerprint density at radius 2 is 1.64 bits per heavy atom. The molecule has 33 heavy (non-hydrogen) atoms. The van der Waals surface area contributed by atoms with Crippen LogP contribution in [-0.2, 0) is 11.3 Å². The first-order valence-corrected chi connectivity index (χ1v) is 10.2. The van der Waals surface area contributed by atoms with E-state index in [1.54, 1.807) is 36.4 Å². The molecule has 1 aliphatic rings. The van der Waals surface area contributed by atoms with Crippen molar-refractivity contribution in [1.82, 2.24) is 0 Å². The van der Waals surface area contributed by atoms with E-state index in [1.807, 2.05) is 13.0 Å². The van der Waals surface area contributed by atoms with Crippen LogP contribution < -0.4 is 11.4 Å². The Hall–Kier alpha value is -4.52. The Morgan fingerprint density at radius 1 is 0.909 bits per heavy atom. The van der Waals surface area contributed by atoms with Crippen LogP contribution >= 0.6 is 0 Å². The largest absolute Gasteiger partial charge is 0.457 e. The van der Waals surface area contributed by atoms with Crippen molar-refractivity contribution in [2.45, 2.75) is 13.5 Å². The molecule has 0 atom stereocenters. The Bertz CT molecular complexity index is 1560. The van der Waals surface area contributed by atoms with Crippen LogP contribution in [0.1, 0.15) is 53.3 Å². The van der Waals surface area contributed by atoms with Gasteiger partial charge in [-0.1, -0.05) is 36.4 Å². The molecule has 0 spiro atoms. The van der Waals surface area contributed by atoms with E-state index in [9.17, 15) is 19.2 Å². The van der Waals surface area contributed by atoms with Crippen LogP contribution in [0.15, 0.2) is 69.9 Å². The number of hydrogen-bond acceptors (Lipinski definition) is 7. The fourth-order valence-corrected chi connectivity index (χ4v) is 4.07. The number of carbonyl (C=O) groups is 3. The van der Waals surface area contributed by atoms with Crippen molar-refractivity contribution in [2.24, 2.45) is 0 Å². The summed E-state index contributed by atoms with van der Waals surface area (Å²) in [6.07, 6.45) is 0. The maximum absolute atomic E-state index is 13.0. The third kappa shape index (κ3) is 3.30. The summed E-state index contributed by atoms with van der Waals surface area (Å²) in [4.78, 5) is 50.6. The molecule has 1 aliphatic carbocycles. The van der Waals surface area contributed by atoms with E-state index in [0.717, 1.165) is 5.56 Å². The third-order valence-corrected chi connectivity index (χ3v) is 5.70. The number of ketones is 2. The van der Waals surface area contributed by atoms with Crippen molar-refractivity contribution in [3.63, 3.8) is 0 Å². The van der Waals surface area contributed by atoms with E-state index in [-0.39, 0.29) is 40.3 Å². The minimum absolute atomic E-state index is 0.00516. The van der Waals surface area contributed by atoms with E-state index in [2.05, 4.69) is 0 Å². The number of carbonyl (C=O) groups excluding carboxylic acids is 3. The fraction of sp³-hybridized carbons (Fsp3) is 0.0769. The van der Waals surface area contributed by atoms with Gasteiger partial charge in [-0.3, -0.25) is 9.59 Å². The van der Waals surface area contributed by atoms with Crippen molar-refractivity contribution in [2.75, 3.05) is 5.73 Å². The highest BCUT2D eigenvalue weighted by Gasteiger charge is 2.33. The Balaban J connectivity index is 1.48. The van der Waals surface area contributed by atoms with Crippen LogP contribution in [-0.4, -0.2) is 17.5 Å². The normalized spacial score (nSPS) is 12.4. The average molecular weight is 439 g/mol. The molecule has 0 saturated carbocycles. The second-order valence-corrected chi connectivity index (χ2v) is 7.82. The van der Waals surface area contributed by atoms with Gasteiger partial charge in [-0.25, -0.2) is 9.59 Å². The van der Waals surface area contributed by atoms with Gasteiger partial charge in [0.15, 0.2) is 11.6 Å². The Kier molecular flexibility index (Phi) is 4.67. The first kappa shape index (κ1) is 20.4. The van der Waals surface area contributed by atoms with Gasteiger partial charge in [-0.05, 0) is 30.7 Å². The SMILES string of the molecule is Cc1ccc2c(COC(=O)c3ccc4c(c3N)C(=O)c3ccccc3C4=O)cc(=O)oc2c1. The molecule has 1 aromatic heterocycles. The quantitative estimate of drug-likeness (QED) is 0.258. The zero-order chi connectivity index (χ0) is 23.3. The number of anilines is 1. The molecular weight excluding hydrogens is 422 g/mol. The number of nitrogens with two attached hydrogens (primary N) is 1. The van der Waals surface area contributed by atoms with Gasteiger partial charge >= 0.3 is 11.6 Å². The number of hydrogen-bond donors (Lipinski definition) is 1. The van der Waals surface area contributed by atoms with Gasteiger partial charge in [-0.15, -0.1) is 0 Å². The molecule has 2 N–H and O–H groups in total. The number of rotatable bonds is 3. The number of benzene rings is 3. The first-order chi connectivity index (χ1) is 15.8. The van der Waals surface area contributed by atoms with Gasteiger partial charge in [0.1, 0.15) is 12.2 Å². The van der Waals surface area contributed by atoms with Gasteiger partial charge in [-0.2, -0.15) is 0 Å². The Labute approximate surface area is 187 Å². The summed E-state index contributed by atoms with van der Waals surface area (Å²) in [7, 11) is 0. The second kappa shape index (κ2) is 7.56. The summed E-state index contributed by atoms with van der Waals surface area (Å²) in [6, 6.07) is 15.9. The molecule has 0 bridgehead atoms. The summed E-state index contributed by atoms with van der Waals surface area (Å²) in [5, 5.41) is 0.642. The number of nitrogen functional groups attached to an aromatic ring is 1. The maximum atomic E-state index is 13.0. The summed E-state index contributed by atoms with van der Waals surface area (Å²) in [6.45, 7) is 1.67. The fourth-order valence-electron chi connectivity index (χ4n) is 4.07. The lowest BCUT2D eigenvalue weighted by Crippen LogP contribution is -2.24. The summed E-state index contributed by atoms with van der Waals surface area (Å²) < 4.78 is 10.6. The van der Waals surface area contributed by atoms with Crippen LogP contribution in [0.3, 0.4) is 0 Å². The zero-order valence-corrected chi connectivity index (χ0v) is 17.5. The zero-order valence-electron chi connectivity index (χ0n) is 17.5. The van der Waals surface area contributed by atoms with E-state index in [1.165, 1.54) is 18.2 Å². The average Bonchev–Trinajstić information content (AvgIpc) is 2.80. The minimum atomic E-state index is -0.775. The number of ether oxygens (including phenoxy) is 1. The van der Waals surface area contributed by atoms with E-state index in [0.29, 0.717) is 22.1 Å². The highest BCUT2D eigenvalue weighted by molar-refractivity contribution is 6.30. The smallest absolute Gasteiger partial charge is 0.340 e. The summed E-state index contributed by atoms with van der Waals surface area (Å²) in [5.74, 6) is -1.53. The highest BCUT2D eigenvalue weighted by atomic mass is 16.5. The molecule has 5 rings (SSSR count). The van der Waals surface area contributed by atoms with Gasteiger partial charge in [0.25, 0.3) is 0 Å². The molecule has 1 heterocycles. The molecule has 162 valence electrons. The van der Waals surface area contributed by atoms with E-state index in [4.69, 9.17) is 14.9 Å². The van der Waals surface area contributed by atoms with Crippen LogP contribution in [0.2, 0.25) is 0 Å². The van der Waals surface area contributed by atoms with Gasteiger partial charge < -0.3 is 14.9 Å². The lowest BCUT2D eigenvalue weighted by Gasteiger charge is -2.20. The lowest BCUT2D eigenvalue weighted by atomic mass is 9.82. The molecule has 3 aromatic carbocycles. The van der Waals surface area contributed by atoms with E-state index >= 15 is 0 Å². The van der Waals surface area contributed by atoms with Gasteiger partial charge in [0, 0.05) is 33.7 Å². The molecule has 0 unspecified atom stereocenters. The maximum Gasteiger partial charge on any atom is 0.340 e. The molecule has 7 heteroatoms. The molecule has 0 amide bonds. The molecular formula is C26H17NO6. The van der Waals surface area contributed by atoms with Crippen LogP contribution in [0.25, 0.3) is 11.0 Å². The van der Waals surface area contributed by atoms with Crippen LogP contribution in [0.5, 0.6) is 0 Å². The van der Waals surface area contributed by atoms with Crippen LogP contribution in [0, 0.1) is 6.92 Å². The molecule has 0 saturated heterocycles. The van der Waals surface area contributed by atoms with Crippen molar-refractivity contribution in [3.05, 3.63) is 110 Å². The van der Waals surface area contributed by atoms with Crippen molar-refractivity contribution in [3.8, 4) is 0 Å². The van der Waals surface area contributed by atoms with Gasteiger partial charge in [0.05, 0.1) is 16.8 Å². The monoisotopic (exact) mass is 439 g/mol. The standard InChI is InChI=1S/C26H17NO6/c1-13-6-7-15-14(11-21(28)33-20(15)10-13)12-32-26(31)19-9-8-18-22(23(19)27)25(30)17-5-3-2-4-16(17)24(18)29/h2-11H,12,27H2,1H3. The number of fused-ring (bicyclic) bond motifs is 3. The molecule has 7 nitrogen and oxygen atoms in total. The molecule has 0 radical (unpaired) electrons. The first-order valence-electron chi connectivity index (χ1n) is 10.2. The van der Waals surface area contributed by atoms with Gasteiger partial charge in [0.2, 0.25) is 0 Å². The van der Waals surface area contributed by atoms with Crippen molar-refractivity contribution in [1.29, 1.82) is 0 Å². The molecule has 0 aliphatic heterocycles. The molecule has 0 fully saturated rings. The predicted octanol–water partition coefficient (Wildman–Crippen LogP) is 3.82. The predicted molar refractivity (Wildman–Crippen MR) is 121 cm³/mol. The third-order valence-electron chi connectivity index (χ3n) is 5.70. The molecule has 4 aromatic rings. The van der Waals surface area contributed by atoms with E-state index < -0.39 is 17.4 Å². The van der Waals surface area contributed by atoms with Crippen molar-refractivity contribution >= 4 is 34.2 Å². The Morgan fingerprint density at radius 3 is 2.39 bits per heavy atom. The van der Waals surface area contributed by atoms with Crippen LogP contribution in [0.4, 0.5) is 5.69 Å². The topological polar surface area (TPSA) is 117 Å².